The van der Waals surface area contributed by atoms with Gasteiger partial charge in [0.05, 0.1) is 27.8 Å². The molecule has 3 aromatic rings. The number of fused-ring (bicyclic) bond motifs is 2. The molecule has 1 atom stereocenters. The van der Waals surface area contributed by atoms with Crippen LogP contribution in [0.25, 0.3) is 10.2 Å². The Balaban J connectivity index is 1.72. The van der Waals surface area contributed by atoms with Gasteiger partial charge in [0, 0.05) is 6.20 Å². The van der Waals surface area contributed by atoms with Gasteiger partial charge in [-0.25, -0.2) is 18.7 Å². The van der Waals surface area contributed by atoms with E-state index in [0.29, 0.717) is 20.4 Å². The second-order valence-electron chi connectivity index (χ2n) is 5.77. The first-order valence-electron chi connectivity index (χ1n) is 7.82. The highest BCUT2D eigenvalue weighted by atomic mass is 32.2. The highest BCUT2D eigenvalue weighted by Crippen LogP contribution is 2.40. The Morgan fingerprint density at radius 2 is 2.11 bits per heavy atom. The van der Waals surface area contributed by atoms with Gasteiger partial charge in [0.25, 0.3) is 0 Å². The van der Waals surface area contributed by atoms with E-state index in [1.165, 1.54) is 17.2 Å². The summed E-state index contributed by atoms with van der Waals surface area (Å²) in [7, 11) is 0. The summed E-state index contributed by atoms with van der Waals surface area (Å²) in [6.45, 7) is -0.0000680. The molecule has 6 nitrogen and oxygen atoms in total. The molecule has 1 aliphatic rings. The number of nitrogens with zero attached hydrogens (tertiary/aromatic N) is 3. The number of amides is 1. The fourth-order valence-electron chi connectivity index (χ4n) is 2.79. The smallest absolute Gasteiger partial charge is 0.305 e. The van der Waals surface area contributed by atoms with Crippen LogP contribution in [0.3, 0.4) is 0 Å². The van der Waals surface area contributed by atoms with Crippen LogP contribution in [0.4, 0.5) is 14.6 Å². The van der Waals surface area contributed by atoms with Crippen LogP contribution >= 0.6 is 23.1 Å². The van der Waals surface area contributed by atoms with Crippen LogP contribution in [-0.2, 0) is 16.1 Å². The molecule has 4 rings (SSSR count). The van der Waals surface area contributed by atoms with Gasteiger partial charge in [-0.2, -0.15) is 0 Å². The van der Waals surface area contributed by atoms with Crippen molar-refractivity contribution in [2.75, 3.05) is 4.90 Å². The summed E-state index contributed by atoms with van der Waals surface area (Å²) in [5.74, 6) is -3.10. The number of rotatable bonds is 4. The lowest BCUT2D eigenvalue weighted by molar-refractivity contribution is -0.138. The molecule has 1 aromatic carbocycles. The van der Waals surface area contributed by atoms with E-state index in [2.05, 4.69) is 9.97 Å². The van der Waals surface area contributed by atoms with Gasteiger partial charge in [0.2, 0.25) is 5.91 Å². The molecule has 3 heterocycles. The van der Waals surface area contributed by atoms with Crippen molar-refractivity contribution in [2.24, 2.45) is 0 Å². The Kier molecular flexibility index (Phi) is 4.52. The number of thioether (sulfide) groups is 1. The van der Waals surface area contributed by atoms with Crippen LogP contribution in [0.2, 0.25) is 0 Å². The van der Waals surface area contributed by atoms with Crippen LogP contribution in [0.1, 0.15) is 11.4 Å². The van der Waals surface area contributed by atoms with Gasteiger partial charge in [-0.05, 0) is 24.3 Å². The zero-order chi connectivity index (χ0) is 19.1. The monoisotopic (exact) mass is 407 g/mol. The van der Waals surface area contributed by atoms with Crippen LogP contribution < -0.4 is 4.90 Å². The molecule has 0 spiro atoms. The molecular weight excluding hydrogens is 396 g/mol. The highest BCUT2D eigenvalue weighted by molar-refractivity contribution is 8.01. The summed E-state index contributed by atoms with van der Waals surface area (Å²) in [5, 5.41) is 8.69. The summed E-state index contributed by atoms with van der Waals surface area (Å²) >= 11 is 2.30. The molecule has 1 aliphatic heterocycles. The van der Waals surface area contributed by atoms with E-state index in [4.69, 9.17) is 5.11 Å². The van der Waals surface area contributed by atoms with Crippen molar-refractivity contribution in [1.82, 2.24) is 9.97 Å². The average molecular weight is 407 g/mol. The third-order valence-corrected chi connectivity index (χ3v) is 6.20. The van der Waals surface area contributed by atoms with E-state index in [9.17, 15) is 18.4 Å². The first kappa shape index (κ1) is 17.8. The van der Waals surface area contributed by atoms with Crippen LogP contribution in [-0.4, -0.2) is 32.2 Å². The third kappa shape index (κ3) is 3.26. The van der Waals surface area contributed by atoms with Gasteiger partial charge >= 0.3 is 5.97 Å². The summed E-state index contributed by atoms with van der Waals surface area (Å²) in [5.41, 5.74) is -0.0860. The van der Waals surface area contributed by atoms with Crippen molar-refractivity contribution in [3.05, 3.63) is 47.1 Å². The van der Waals surface area contributed by atoms with E-state index >= 15 is 0 Å². The Hall–Kier alpha value is -2.59. The van der Waals surface area contributed by atoms with Crippen molar-refractivity contribution in [3.8, 4) is 0 Å². The number of hydrogen-bond donors (Lipinski definition) is 1. The van der Waals surface area contributed by atoms with Gasteiger partial charge in [-0.1, -0.05) is 0 Å². The maximum atomic E-state index is 13.9. The lowest BCUT2D eigenvalue weighted by atomic mass is 10.2. The zero-order valence-corrected chi connectivity index (χ0v) is 15.2. The summed E-state index contributed by atoms with van der Waals surface area (Å²) in [6, 6.07) is 5.92. The fourth-order valence-corrected chi connectivity index (χ4v) is 4.92. The largest absolute Gasteiger partial charge is 0.481 e. The molecule has 1 unspecified atom stereocenters. The summed E-state index contributed by atoms with van der Waals surface area (Å²) in [4.78, 5) is 34.3. The van der Waals surface area contributed by atoms with E-state index in [1.54, 1.807) is 12.1 Å². The molecule has 0 saturated heterocycles. The standard InChI is InChI=1S/C17H11F2N3O3S2/c18-8-3-4-9-15(14(8)19)21-12(27-9)7-22-16-10(2-1-5-20-16)26-11(17(22)25)6-13(23)24/h1-5,11H,6-7H2,(H,23,24). The molecule has 1 amide bonds. The maximum absolute atomic E-state index is 13.9. The number of hydrogen-bond acceptors (Lipinski definition) is 6. The number of aromatic nitrogens is 2. The summed E-state index contributed by atoms with van der Waals surface area (Å²) < 4.78 is 27.8. The van der Waals surface area contributed by atoms with Gasteiger partial charge in [-0.15, -0.1) is 23.1 Å². The van der Waals surface area contributed by atoms with Gasteiger partial charge in [-0.3, -0.25) is 14.5 Å². The van der Waals surface area contributed by atoms with Crippen LogP contribution in [0.5, 0.6) is 0 Å². The molecular formula is C17H11F2N3O3S2. The number of thiazole rings is 1. The molecule has 10 heteroatoms. The summed E-state index contributed by atoms with van der Waals surface area (Å²) in [6.07, 6.45) is 1.21. The van der Waals surface area contributed by atoms with Gasteiger partial charge < -0.3 is 5.11 Å². The van der Waals surface area contributed by atoms with Crippen molar-refractivity contribution in [1.29, 1.82) is 0 Å². The number of carboxylic acid groups (broad SMARTS) is 1. The van der Waals surface area contributed by atoms with Crippen LogP contribution in [0, 0.1) is 11.6 Å². The van der Waals surface area contributed by atoms with Gasteiger partial charge in [0.15, 0.2) is 11.6 Å². The van der Waals surface area contributed by atoms with Crippen molar-refractivity contribution in [3.63, 3.8) is 0 Å². The predicted octanol–water partition coefficient (Wildman–Crippen LogP) is 3.45. The second-order valence-corrected chi connectivity index (χ2v) is 8.13. The second kappa shape index (κ2) is 6.86. The predicted molar refractivity (Wildman–Crippen MR) is 96.9 cm³/mol. The molecule has 0 radical (unpaired) electrons. The Bertz CT molecular complexity index is 1070. The number of aliphatic carboxylic acids is 1. The topological polar surface area (TPSA) is 83.4 Å². The molecule has 0 saturated carbocycles. The fraction of sp³-hybridized carbons (Fsp3) is 0.176. The van der Waals surface area contributed by atoms with Crippen molar-refractivity contribution >= 4 is 51.0 Å². The number of carboxylic acids is 1. The molecule has 0 fully saturated rings. The number of carbonyl (C=O) groups is 2. The van der Waals surface area contributed by atoms with E-state index < -0.39 is 28.8 Å². The highest BCUT2D eigenvalue weighted by Gasteiger charge is 2.36. The minimum Gasteiger partial charge on any atom is -0.481 e. The molecule has 0 aliphatic carbocycles. The first-order chi connectivity index (χ1) is 12.9. The van der Waals surface area contributed by atoms with E-state index in [-0.39, 0.29) is 18.5 Å². The number of pyridine rings is 1. The number of halogens is 2. The van der Waals surface area contributed by atoms with Crippen molar-refractivity contribution in [2.45, 2.75) is 23.1 Å². The van der Waals surface area contributed by atoms with E-state index in [0.717, 1.165) is 29.2 Å². The Labute approximate surface area is 159 Å². The number of anilines is 1. The maximum Gasteiger partial charge on any atom is 0.305 e. The molecule has 2 aromatic heterocycles. The van der Waals surface area contributed by atoms with Gasteiger partial charge in [0.1, 0.15) is 16.3 Å². The number of benzene rings is 1. The minimum atomic E-state index is -1.08. The molecule has 0 bridgehead atoms. The first-order valence-corrected chi connectivity index (χ1v) is 9.52. The molecule has 27 heavy (non-hydrogen) atoms. The number of carbonyl (C=O) groups excluding carboxylic acids is 1. The molecule has 1 N–H and O–H groups in total. The van der Waals surface area contributed by atoms with Crippen LogP contribution in [0.15, 0.2) is 35.4 Å². The average Bonchev–Trinajstić information content (AvgIpc) is 3.05. The lowest BCUT2D eigenvalue weighted by Crippen LogP contribution is -2.41. The lowest BCUT2D eigenvalue weighted by Gasteiger charge is -2.31. The Morgan fingerprint density at radius 3 is 2.89 bits per heavy atom. The Morgan fingerprint density at radius 1 is 1.30 bits per heavy atom. The van der Waals surface area contributed by atoms with E-state index in [1.807, 2.05) is 0 Å². The molecule has 138 valence electrons. The third-order valence-electron chi connectivity index (χ3n) is 3.97. The van der Waals surface area contributed by atoms with Crippen molar-refractivity contribution < 1.29 is 23.5 Å². The zero-order valence-electron chi connectivity index (χ0n) is 13.6. The normalized spacial score (nSPS) is 16.6. The minimum absolute atomic E-state index is 0.0000680. The SMILES string of the molecule is O=C(O)CC1Sc2cccnc2N(Cc2nc3c(F)c(F)ccc3s2)C1=O. The quantitative estimate of drug-likeness (QED) is 0.713.